The molecule has 1 fully saturated rings. The van der Waals surface area contributed by atoms with E-state index in [1.165, 1.54) is 11.8 Å². The van der Waals surface area contributed by atoms with Crippen LogP contribution in [0.2, 0.25) is 0 Å². The van der Waals surface area contributed by atoms with Gasteiger partial charge >= 0.3 is 0 Å². The number of rotatable bonds is 8. The summed E-state index contributed by atoms with van der Waals surface area (Å²) in [6.45, 7) is 1.95. The van der Waals surface area contributed by atoms with Crippen molar-refractivity contribution < 1.29 is 14.6 Å². The SMILES string of the molecule is O=C(CSc1nnc(-c2ccc(O)cc2)n1CC1CCCO1)NCc1cccs1. The van der Waals surface area contributed by atoms with Crippen LogP contribution in [0, 0.1) is 0 Å². The Morgan fingerprint density at radius 1 is 1.31 bits per heavy atom. The van der Waals surface area contributed by atoms with E-state index in [4.69, 9.17) is 4.74 Å². The van der Waals surface area contributed by atoms with Gasteiger partial charge in [-0.2, -0.15) is 0 Å². The molecule has 2 aromatic heterocycles. The lowest BCUT2D eigenvalue weighted by atomic mass is 10.2. The van der Waals surface area contributed by atoms with Crippen LogP contribution in [0.3, 0.4) is 0 Å². The van der Waals surface area contributed by atoms with Crippen LogP contribution in [0.15, 0.2) is 46.9 Å². The first-order valence-corrected chi connectivity index (χ1v) is 11.3. The summed E-state index contributed by atoms with van der Waals surface area (Å²) in [7, 11) is 0. The average Bonchev–Trinajstić information content (AvgIpc) is 3.49. The number of carbonyl (C=O) groups excluding carboxylic acids is 1. The Balaban J connectivity index is 1.46. The molecule has 1 aliphatic heterocycles. The predicted molar refractivity (Wildman–Crippen MR) is 113 cm³/mol. The van der Waals surface area contributed by atoms with E-state index in [1.807, 2.05) is 34.2 Å². The van der Waals surface area contributed by atoms with Gasteiger partial charge < -0.3 is 15.2 Å². The molecular formula is C20H22N4O3S2. The Morgan fingerprint density at radius 3 is 2.90 bits per heavy atom. The maximum Gasteiger partial charge on any atom is 0.230 e. The molecule has 1 atom stereocenters. The molecular weight excluding hydrogens is 408 g/mol. The van der Waals surface area contributed by atoms with Gasteiger partial charge in [0, 0.05) is 17.0 Å². The number of nitrogens with one attached hydrogen (secondary N) is 1. The maximum absolute atomic E-state index is 12.2. The third-order valence-electron chi connectivity index (χ3n) is 4.62. The summed E-state index contributed by atoms with van der Waals surface area (Å²) >= 11 is 2.99. The number of carbonyl (C=O) groups is 1. The van der Waals surface area contributed by atoms with Gasteiger partial charge in [0.25, 0.3) is 0 Å². The predicted octanol–water partition coefficient (Wildman–Crippen LogP) is 3.30. The minimum Gasteiger partial charge on any atom is -0.508 e. The highest BCUT2D eigenvalue weighted by Gasteiger charge is 2.22. The van der Waals surface area contributed by atoms with E-state index in [2.05, 4.69) is 15.5 Å². The van der Waals surface area contributed by atoms with Crippen molar-refractivity contribution in [3.8, 4) is 17.1 Å². The van der Waals surface area contributed by atoms with Crippen molar-refractivity contribution in [3.63, 3.8) is 0 Å². The quantitative estimate of drug-likeness (QED) is 0.533. The van der Waals surface area contributed by atoms with E-state index in [0.717, 1.165) is 29.9 Å². The zero-order chi connectivity index (χ0) is 20.1. The molecule has 29 heavy (non-hydrogen) atoms. The summed E-state index contributed by atoms with van der Waals surface area (Å²) in [4.78, 5) is 13.4. The van der Waals surface area contributed by atoms with Crippen LogP contribution in [0.1, 0.15) is 17.7 Å². The topological polar surface area (TPSA) is 89.3 Å². The second kappa shape index (κ2) is 9.43. The first kappa shape index (κ1) is 19.9. The fourth-order valence-corrected chi connectivity index (χ4v) is 4.58. The van der Waals surface area contributed by atoms with E-state index < -0.39 is 0 Å². The second-order valence-electron chi connectivity index (χ2n) is 6.74. The number of thioether (sulfide) groups is 1. The zero-order valence-corrected chi connectivity index (χ0v) is 17.4. The van der Waals surface area contributed by atoms with Crippen molar-refractivity contribution in [3.05, 3.63) is 46.7 Å². The first-order chi connectivity index (χ1) is 14.2. The van der Waals surface area contributed by atoms with E-state index in [1.54, 1.807) is 23.5 Å². The third kappa shape index (κ3) is 5.17. The smallest absolute Gasteiger partial charge is 0.230 e. The monoisotopic (exact) mass is 430 g/mol. The van der Waals surface area contributed by atoms with Gasteiger partial charge in [-0.3, -0.25) is 9.36 Å². The molecule has 0 bridgehead atoms. The van der Waals surface area contributed by atoms with Crippen LogP contribution in [-0.2, 0) is 22.6 Å². The third-order valence-corrected chi connectivity index (χ3v) is 6.47. The number of hydrogen-bond acceptors (Lipinski definition) is 7. The van der Waals surface area contributed by atoms with Crippen LogP contribution in [0.25, 0.3) is 11.4 Å². The highest BCUT2D eigenvalue weighted by atomic mass is 32.2. The summed E-state index contributed by atoms with van der Waals surface area (Å²) < 4.78 is 7.81. The van der Waals surface area contributed by atoms with Gasteiger partial charge in [0.05, 0.1) is 24.9 Å². The molecule has 4 rings (SSSR count). The molecule has 1 aliphatic rings. The molecule has 3 aromatic rings. The average molecular weight is 431 g/mol. The van der Waals surface area contributed by atoms with Crippen molar-refractivity contribution in [1.82, 2.24) is 20.1 Å². The number of benzene rings is 1. The second-order valence-corrected chi connectivity index (χ2v) is 8.72. The van der Waals surface area contributed by atoms with Crippen LogP contribution in [0.4, 0.5) is 0 Å². The molecule has 0 spiro atoms. The van der Waals surface area contributed by atoms with E-state index in [0.29, 0.717) is 24.1 Å². The van der Waals surface area contributed by atoms with Crippen LogP contribution in [-0.4, -0.2) is 44.2 Å². The molecule has 1 saturated heterocycles. The Morgan fingerprint density at radius 2 is 2.17 bits per heavy atom. The van der Waals surface area contributed by atoms with E-state index in [9.17, 15) is 9.90 Å². The Hall–Kier alpha value is -2.36. The van der Waals surface area contributed by atoms with E-state index in [-0.39, 0.29) is 23.5 Å². The standard InChI is InChI=1S/C20H22N4O3S2/c25-15-7-5-14(6-8-15)19-22-23-20(24(19)12-16-3-1-9-27-16)29-13-18(26)21-11-17-4-2-10-28-17/h2,4-8,10,16,25H,1,3,9,11-13H2,(H,21,26). The highest BCUT2D eigenvalue weighted by Crippen LogP contribution is 2.27. The molecule has 152 valence electrons. The summed E-state index contributed by atoms with van der Waals surface area (Å²) in [5.74, 6) is 1.14. The zero-order valence-electron chi connectivity index (χ0n) is 15.8. The number of ether oxygens (including phenoxy) is 1. The molecule has 0 saturated carbocycles. The van der Waals surface area contributed by atoms with Gasteiger partial charge in [0.15, 0.2) is 11.0 Å². The minimum absolute atomic E-state index is 0.0405. The van der Waals surface area contributed by atoms with Gasteiger partial charge in [0.1, 0.15) is 5.75 Å². The van der Waals surface area contributed by atoms with Crippen molar-refractivity contribution in [2.24, 2.45) is 0 Å². The summed E-state index contributed by atoms with van der Waals surface area (Å²) in [5.41, 5.74) is 0.863. The lowest BCUT2D eigenvalue weighted by Gasteiger charge is -2.14. The number of amides is 1. The highest BCUT2D eigenvalue weighted by molar-refractivity contribution is 7.99. The van der Waals surface area contributed by atoms with Gasteiger partial charge in [-0.15, -0.1) is 21.5 Å². The fourth-order valence-electron chi connectivity index (χ4n) is 3.16. The number of phenolic OH excluding ortho intramolecular Hbond substituents is 1. The molecule has 1 amide bonds. The minimum atomic E-state index is -0.0405. The van der Waals surface area contributed by atoms with Gasteiger partial charge in [-0.25, -0.2) is 0 Å². The molecule has 1 aromatic carbocycles. The van der Waals surface area contributed by atoms with Gasteiger partial charge in [-0.05, 0) is 48.6 Å². The van der Waals surface area contributed by atoms with Crippen molar-refractivity contribution in [2.45, 2.75) is 37.2 Å². The lowest BCUT2D eigenvalue weighted by Crippen LogP contribution is -2.24. The number of thiophene rings is 1. The Bertz CT molecular complexity index is 935. The molecule has 9 heteroatoms. The number of nitrogens with zero attached hydrogens (tertiary/aromatic N) is 3. The van der Waals surface area contributed by atoms with Crippen LogP contribution >= 0.6 is 23.1 Å². The summed E-state index contributed by atoms with van der Waals surface area (Å²) in [6.07, 6.45) is 2.17. The normalized spacial score (nSPS) is 16.2. The number of hydrogen-bond donors (Lipinski definition) is 2. The molecule has 2 N–H and O–H groups in total. The first-order valence-electron chi connectivity index (χ1n) is 9.45. The largest absolute Gasteiger partial charge is 0.508 e. The molecule has 0 aliphatic carbocycles. The number of aromatic nitrogens is 3. The fraction of sp³-hybridized carbons (Fsp3) is 0.350. The molecule has 3 heterocycles. The molecule has 0 radical (unpaired) electrons. The van der Waals surface area contributed by atoms with Crippen molar-refractivity contribution in [1.29, 1.82) is 0 Å². The lowest BCUT2D eigenvalue weighted by molar-refractivity contribution is -0.118. The Kier molecular flexibility index (Phi) is 6.48. The summed E-state index contributed by atoms with van der Waals surface area (Å²) in [5, 5.41) is 23.8. The number of phenols is 1. The maximum atomic E-state index is 12.2. The summed E-state index contributed by atoms with van der Waals surface area (Å²) in [6, 6.07) is 10.9. The number of aromatic hydroxyl groups is 1. The van der Waals surface area contributed by atoms with Crippen molar-refractivity contribution >= 4 is 29.0 Å². The van der Waals surface area contributed by atoms with Crippen LogP contribution < -0.4 is 5.32 Å². The van der Waals surface area contributed by atoms with E-state index >= 15 is 0 Å². The van der Waals surface area contributed by atoms with Gasteiger partial charge in [0.2, 0.25) is 5.91 Å². The van der Waals surface area contributed by atoms with Crippen LogP contribution in [0.5, 0.6) is 5.75 Å². The Labute approximate surface area is 177 Å². The molecule has 7 nitrogen and oxygen atoms in total. The van der Waals surface area contributed by atoms with Gasteiger partial charge in [-0.1, -0.05) is 17.8 Å². The molecule has 1 unspecified atom stereocenters. The van der Waals surface area contributed by atoms with Crippen molar-refractivity contribution in [2.75, 3.05) is 12.4 Å².